The molecule has 1 fully saturated rings. The Morgan fingerprint density at radius 2 is 1.59 bits per heavy atom. The Labute approximate surface area is 158 Å². The molecule has 0 bridgehead atoms. The van der Waals surface area contributed by atoms with Gasteiger partial charge in [-0.05, 0) is 24.3 Å². The summed E-state index contributed by atoms with van der Waals surface area (Å²) in [6.45, 7) is 3.34. The van der Waals surface area contributed by atoms with Gasteiger partial charge in [0.1, 0.15) is 11.8 Å². The van der Waals surface area contributed by atoms with Crippen LogP contribution in [0.25, 0.3) is 5.69 Å². The second kappa shape index (κ2) is 7.38. The SMILES string of the molecule is COc1cccc(-n2nc(C#N)c(N3CCN(c4ccccc4)CC3)n2)c1. The molecule has 2 aromatic carbocycles. The zero-order valence-electron chi connectivity index (χ0n) is 15.1. The first-order chi connectivity index (χ1) is 13.3. The zero-order valence-corrected chi connectivity index (χ0v) is 15.1. The summed E-state index contributed by atoms with van der Waals surface area (Å²) in [4.78, 5) is 5.97. The molecule has 1 aliphatic heterocycles. The number of nitrogens with zero attached hydrogens (tertiary/aromatic N) is 6. The second-order valence-corrected chi connectivity index (χ2v) is 6.28. The van der Waals surface area contributed by atoms with Crippen LogP contribution in [-0.4, -0.2) is 48.3 Å². The lowest BCUT2D eigenvalue weighted by Gasteiger charge is -2.36. The molecule has 27 heavy (non-hydrogen) atoms. The van der Waals surface area contributed by atoms with Crippen LogP contribution in [0.3, 0.4) is 0 Å². The van der Waals surface area contributed by atoms with Gasteiger partial charge in [-0.1, -0.05) is 24.3 Å². The van der Waals surface area contributed by atoms with Crippen LogP contribution in [0.15, 0.2) is 54.6 Å². The van der Waals surface area contributed by atoms with Gasteiger partial charge in [0.15, 0.2) is 5.82 Å². The highest BCUT2D eigenvalue weighted by atomic mass is 16.5. The lowest BCUT2D eigenvalue weighted by atomic mass is 10.2. The number of aromatic nitrogens is 3. The van der Waals surface area contributed by atoms with Gasteiger partial charge in [-0.2, -0.15) is 5.26 Å². The summed E-state index contributed by atoms with van der Waals surface area (Å²) < 4.78 is 5.26. The fourth-order valence-corrected chi connectivity index (χ4v) is 3.25. The molecule has 0 aliphatic carbocycles. The van der Waals surface area contributed by atoms with E-state index in [2.05, 4.69) is 50.3 Å². The van der Waals surface area contributed by atoms with Gasteiger partial charge in [-0.3, -0.25) is 0 Å². The van der Waals surface area contributed by atoms with Gasteiger partial charge in [0, 0.05) is 37.9 Å². The van der Waals surface area contributed by atoms with Crippen molar-refractivity contribution in [3.05, 3.63) is 60.3 Å². The maximum absolute atomic E-state index is 9.51. The number of rotatable bonds is 4. The standard InChI is InChI=1S/C20H20N6O/c1-27-18-9-5-8-17(14-18)26-22-19(15-21)20(23-26)25-12-10-24(11-13-25)16-6-3-2-4-7-16/h2-9,14H,10-13H2,1H3. The summed E-state index contributed by atoms with van der Waals surface area (Å²) in [6.07, 6.45) is 0. The maximum Gasteiger partial charge on any atom is 0.207 e. The highest BCUT2D eigenvalue weighted by molar-refractivity contribution is 5.53. The number of piperazine rings is 1. The van der Waals surface area contributed by atoms with Crippen LogP contribution < -0.4 is 14.5 Å². The minimum Gasteiger partial charge on any atom is -0.497 e. The van der Waals surface area contributed by atoms with E-state index in [1.54, 1.807) is 7.11 Å². The highest BCUT2D eigenvalue weighted by Crippen LogP contribution is 2.23. The van der Waals surface area contributed by atoms with Crippen molar-refractivity contribution in [2.75, 3.05) is 43.1 Å². The molecule has 0 spiro atoms. The molecule has 3 aromatic rings. The van der Waals surface area contributed by atoms with Crippen LogP contribution in [0, 0.1) is 11.3 Å². The van der Waals surface area contributed by atoms with Crippen molar-refractivity contribution >= 4 is 11.5 Å². The number of hydrogen-bond acceptors (Lipinski definition) is 6. The Kier molecular flexibility index (Phi) is 4.62. The van der Waals surface area contributed by atoms with Crippen LogP contribution in [-0.2, 0) is 0 Å². The first-order valence-corrected chi connectivity index (χ1v) is 8.85. The number of para-hydroxylation sites is 1. The third-order valence-electron chi connectivity index (χ3n) is 4.69. The van der Waals surface area contributed by atoms with Crippen LogP contribution >= 0.6 is 0 Å². The van der Waals surface area contributed by atoms with Crippen molar-refractivity contribution in [2.24, 2.45) is 0 Å². The van der Waals surface area contributed by atoms with Crippen molar-refractivity contribution in [3.63, 3.8) is 0 Å². The highest BCUT2D eigenvalue weighted by Gasteiger charge is 2.23. The Morgan fingerprint density at radius 3 is 2.30 bits per heavy atom. The number of nitriles is 1. The predicted molar refractivity (Wildman–Crippen MR) is 103 cm³/mol. The molecule has 2 heterocycles. The molecule has 7 nitrogen and oxygen atoms in total. The fraction of sp³-hybridized carbons (Fsp3) is 0.250. The molecule has 0 atom stereocenters. The molecule has 0 amide bonds. The Morgan fingerprint density at radius 1 is 0.889 bits per heavy atom. The molecule has 0 saturated carbocycles. The van der Waals surface area contributed by atoms with E-state index >= 15 is 0 Å². The lowest BCUT2D eigenvalue weighted by molar-refractivity contribution is 0.414. The molecule has 1 aliphatic rings. The number of anilines is 2. The predicted octanol–water partition coefficient (Wildman–Crippen LogP) is 2.47. The van der Waals surface area contributed by atoms with Crippen LogP contribution in [0.4, 0.5) is 11.5 Å². The van der Waals surface area contributed by atoms with E-state index in [4.69, 9.17) is 4.74 Å². The van der Waals surface area contributed by atoms with Gasteiger partial charge in [0.2, 0.25) is 5.69 Å². The number of methoxy groups -OCH3 is 1. The third kappa shape index (κ3) is 3.42. The minimum atomic E-state index is 0.339. The van der Waals surface area contributed by atoms with E-state index in [1.807, 2.05) is 30.3 Å². The summed E-state index contributed by atoms with van der Waals surface area (Å²) >= 11 is 0. The van der Waals surface area contributed by atoms with Gasteiger partial charge < -0.3 is 14.5 Å². The average Bonchev–Trinajstić information content (AvgIpc) is 3.19. The Balaban J connectivity index is 1.54. The van der Waals surface area contributed by atoms with Crippen molar-refractivity contribution in [2.45, 2.75) is 0 Å². The molecular weight excluding hydrogens is 340 g/mol. The van der Waals surface area contributed by atoms with E-state index in [0.29, 0.717) is 11.5 Å². The molecule has 136 valence electrons. The Bertz CT molecular complexity index is 954. The van der Waals surface area contributed by atoms with Crippen molar-refractivity contribution in [1.29, 1.82) is 5.26 Å². The van der Waals surface area contributed by atoms with Gasteiger partial charge in [0.25, 0.3) is 0 Å². The normalized spacial score (nSPS) is 14.1. The summed E-state index contributed by atoms with van der Waals surface area (Å²) in [5, 5.41) is 18.5. The number of ether oxygens (including phenoxy) is 1. The zero-order chi connectivity index (χ0) is 18.6. The second-order valence-electron chi connectivity index (χ2n) is 6.28. The quantitative estimate of drug-likeness (QED) is 0.712. The molecule has 7 heteroatoms. The van der Waals surface area contributed by atoms with E-state index in [9.17, 15) is 5.26 Å². The summed E-state index contributed by atoms with van der Waals surface area (Å²) in [7, 11) is 1.62. The van der Waals surface area contributed by atoms with Crippen molar-refractivity contribution < 1.29 is 4.74 Å². The van der Waals surface area contributed by atoms with Crippen molar-refractivity contribution in [3.8, 4) is 17.5 Å². The summed E-state index contributed by atoms with van der Waals surface area (Å²) in [5.74, 6) is 1.36. The van der Waals surface area contributed by atoms with Crippen LogP contribution in [0.2, 0.25) is 0 Å². The molecule has 0 N–H and O–H groups in total. The molecule has 4 rings (SSSR count). The molecular formula is C20H20N6O. The topological polar surface area (TPSA) is 70.2 Å². The first kappa shape index (κ1) is 16.9. The van der Waals surface area contributed by atoms with Crippen molar-refractivity contribution in [1.82, 2.24) is 15.0 Å². The minimum absolute atomic E-state index is 0.339. The van der Waals surface area contributed by atoms with Crippen LogP contribution in [0.1, 0.15) is 5.69 Å². The summed E-state index contributed by atoms with van der Waals surface area (Å²) in [6, 6.07) is 20.0. The largest absolute Gasteiger partial charge is 0.497 e. The molecule has 0 unspecified atom stereocenters. The van der Waals surface area contributed by atoms with Crippen LogP contribution in [0.5, 0.6) is 5.75 Å². The monoisotopic (exact) mass is 360 g/mol. The average molecular weight is 360 g/mol. The van der Waals surface area contributed by atoms with E-state index in [1.165, 1.54) is 10.5 Å². The van der Waals surface area contributed by atoms with E-state index in [-0.39, 0.29) is 0 Å². The van der Waals surface area contributed by atoms with Gasteiger partial charge in [-0.15, -0.1) is 15.0 Å². The smallest absolute Gasteiger partial charge is 0.207 e. The maximum atomic E-state index is 9.51. The molecule has 1 aromatic heterocycles. The number of hydrogen-bond donors (Lipinski definition) is 0. The van der Waals surface area contributed by atoms with Gasteiger partial charge in [-0.25, -0.2) is 0 Å². The number of benzene rings is 2. The van der Waals surface area contributed by atoms with E-state index < -0.39 is 0 Å². The van der Waals surface area contributed by atoms with Gasteiger partial charge in [0.05, 0.1) is 12.8 Å². The molecule has 1 saturated heterocycles. The molecule has 0 radical (unpaired) electrons. The Hall–Kier alpha value is -3.53. The summed E-state index contributed by atoms with van der Waals surface area (Å²) in [5.41, 5.74) is 2.32. The lowest BCUT2D eigenvalue weighted by Crippen LogP contribution is -2.47. The third-order valence-corrected chi connectivity index (χ3v) is 4.69. The van der Waals surface area contributed by atoms with Gasteiger partial charge >= 0.3 is 0 Å². The fourth-order valence-electron chi connectivity index (χ4n) is 3.25. The van der Waals surface area contributed by atoms with E-state index in [0.717, 1.165) is 37.6 Å². The first-order valence-electron chi connectivity index (χ1n) is 8.85.